The van der Waals surface area contributed by atoms with E-state index in [1.807, 2.05) is 11.8 Å². The largest absolute Gasteiger partial charge is 0.309 e. The molecule has 0 aliphatic rings. The summed E-state index contributed by atoms with van der Waals surface area (Å²) in [5, 5.41) is 4.19. The third-order valence-electron chi connectivity index (χ3n) is 2.48. The topological polar surface area (TPSA) is 12.0 Å². The minimum atomic E-state index is 0.473. The molecule has 0 radical (unpaired) electrons. The summed E-state index contributed by atoms with van der Waals surface area (Å²) >= 11 is 2.01. The summed E-state index contributed by atoms with van der Waals surface area (Å²) in [4.78, 5) is 0. The van der Waals surface area contributed by atoms with Crippen LogP contribution in [-0.4, -0.2) is 17.5 Å². The average Bonchev–Trinajstić information content (AvgIpc) is 2.27. The van der Waals surface area contributed by atoms with Gasteiger partial charge < -0.3 is 5.32 Å². The summed E-state index contributed by atoms with van der Waals surface area (Å²) < 4.78 is 0. The van der Waals surface area contributed by atoms with Gasteiger partial charge in [-0.05, 0) is 17.9 Å². The quantitative estimate of drug-likeness (QED) is 0.792. The zero-order chi connectivity index (χ0) is 11.1. The zero-order valence-corrected chi connectivity index (χ0v) is 10.7. The van der Waals surface area contributed by atoms with Crippen LogP contribution in [0.3, 0.4) is 0 Å². The SMILES string of the molecule is CCNC(c1ccccc1)C(C)SCC. The van der Waals surface area contributed by atoms with E-state index in [-0.39, 0.29) is 0 Å². The highest BCUT2D eigenvalue weighted by Crippen LogP contribution is 2.25. The molecular weight excluding hydrogens is 202 g/mol. The molecule has 0 bridgehead atoms. The van der Waals surface area contributed by atoms with Crippen LogP contribution < -0.4 is 5.32 Å². The number of nitrogens with one attached hydrogen (secondary N) is 1. The van der Waals surface area contributed by atoms with Crippen molar-refractivity contribution in [2.75, 3.05) is 12.3 Å². The van der Waals surface area contributed by atoms with Gasteiger partial charge in [0.15, 0.2) is 0 Å². The maximum atomic E-state index is 3.56. The van der Waals surface area contributed by atoms with Crippen molar-refractivity contribution in [1.82, 2.24) is 5.32 Å². The second-order valence-corrected chi connectivity index (χ2v) is 5.26. The molecule has 1 aromatic rings. The third kappa shape index (κ3) is 3.88. The van der Waals surface area contributed by atoms with Crippen LogP contribution in [0.2, 0.25) is 0 Å². The fraction of sp³-hybridized carbons (Fsp3) is 0.538. The van der Waals surface area contributed by atoms with Crippen molar-refractivity contribution in [3.8, 4) is 0 Å². The Hall–Kier alpha value is -0.470. The minimum Gasteiger partial charge on any atom is -0.309 e. The van der Waals surface area contributed by atoms with E-state index in [0.717, 1.165) is 6.54 Å². The van der Waals surface area contributed by atoms with E-state index >= 15 is 0 Å². The molecule has 0 aliphatic carbocycles. The summed E-state index contributed by atoms with van der Waals surface area (Å²) in [5.41, 5.74) is 1.40. The predicted molar refractivity (Wildman–Crippen MR) is 70.5 cm³/mol. The fourth-order valence-electron chi connectivity index (χ4n) is 1.79. The van der Waals surface area contributed by atoms with E-state index in [0.29, 0.717) is 11.3 Å². The second-order valence-electron chi connectivity index (χ2n) is 3.61. The van der Waals surface area contributed by atoms with Crippen LogP contribution in [0, 0.1) is 0 Å². The van der Waals surface area contributed by atoms with E-state index in [1.54, 1.807) is 0 Å². The molecule has 1 nitrogen and oxygen atoms in total. The lowest BCUT2D eigenvalue weighted by Crippen LogP contribution is -2.28. The first-order valence-electron chi connectivity index (χ1n) is 5.69. The van der Waals surface area contributed by atoms with Gasteiger partial charge in [0, 0.05) is 11.3 Å². The highest BCUT2D eigenvalue weighted by molar-refractivity contribution is 7.99. The molecule has 0 aliphatic heterocycles. The number of hydrogen-bond donors (Lipinski definition) is 1. The summed E-state index contributed by atoms with van der Waals surface area (Å²) in [6, 6.07) is 11.2. The average molecular weight is 223 g/mol. The van der Waals surface area contributed by atoms with Crippen molar-refractivity contribution in [2.45, 2.75) is 32.1 Å². The molecule has 0 saturated heterocycles. The highest BCUT2D eigenvalue weighted by Gasteiger charge is 2.17. The molecule has 0 fully saturated rings. The lowest BCUT2D eigenvalue weighted by atomic mass is 10.0. The number of rotatable bonds is 6. The zero-order valence-electron chi connectivity index (χ0n) is 9.86. The van der Waals surface area contributed by atoms with Crippen LogP contribution >= 0.6 is 11.8 Å². The molecular formula is C13H21NS. The molecule has 1 rings (SSSR count). The van der Waals surface area contributed by atoms with Crippen molar-refractivity contribution in [2.24, 2.45) is 0 Å². The molecule has 84 valence electrons. The predicted octanol–water partition coefficient (Wildman–Crippen LogP) is 3.48. The fourth-order valence-corrected chi connectivity index (χ4v) is 2.77. The minimum absolute atomic E-state index is 0.473. The Bertz CT molecular complexity index is 260. The number of benzene rings is 1. The van der Waals surface area contributed by atoms with Crippen LogP contribution in [0.5, 0.6) is 0 Å². The lowest BCUT2D eigenvalue weighted by Gasteiger charge is -2.24. The van der Waals surface area contributed by atoms with E-state index in [2.05, 4.69) is 56.4 Å². The summed E-state index contributed by atoms with van der Waals surface area (Å²) in [6.45, 7) is 7.71. The van der Waals surface area contributed by atoms with Gasteiger partial charge in [-0.25, -0.2) is 0 Å². The monoisotopic (exact) mass is 223 g/mol. The molecule has 0 heterocycles. The van der Waals surface area contributed by atoms with Crippen molar-refractivity contribution in [1.29, 1.82) is 0 Å². The van der Waals surface area contributed by atoms with Crippen molar-refractivity contribution < 1.29 is 0 Å². The van der Waals surface area contributed by atoms with Gasteiger partial charge in [0.1, 0.15) is 0 Å². The van der Waals surface area contributed by atoms with Gasteiger partial charge in [0.05, 0.1) is 0 Å². The Labute approximate surface area is 97.7 Å². The van der Waals surface area contributed by atoms with E-state index < -0.39 is 0 Å². The molecule has 2 unspecified atom stereocenters. The van der Waals surface area contributed by atoms with Crippen molar-refractivity contribution >= 4 is 11.8 Å². The summed E-state index contributed by atoms with van der Waals surface area (Å²) in [5.74, 6) is 1.18. The van der Waals surface area contributed by atoms with Gasteiger partial charge in [0.25, 0.3) is 0 Å². The molecule has 0 saturated carbocycles. The first-order chi connectivity index (χ1) is 7.29. The first-order valence-corrected chi connectivity index (χ1v) is 6.74. The molecule has 1 N–H and O–H groups in total. The van der Waals surface area contributed by atoms with Crippen molar-refractivity contribution in [3.63, 3.8) is 0 Å². The standard InChI is InChI=1S/C13H21NS/c1-4-14-13(11(3)15-5-2)12-9-7-6-8-10-12/h6-11,13-14H,4-5H2,1-3H3. The molecule has 2 atom stereocenters. The van der Waals surface area contributed by atoms with Gasteiger partial charge in [-0.1, -0.05) is 51.1 Å². The third-order valence-corrected chi connectivity index (χ3v) is 3.61. The Morgan fingerprint density at radius 1 is 1.20 bits per heavy atom. The van der Waals surface area contributed by atoms with Gasteiger partial charge in [-0.15, -0.1) is 0 Å². The Morgan fingerprint density at radius 2 is 1.87 bits per heavy atom. The van der Waals surface area contributed by atoms with E-state index in [9.17, 15) is 0 Å². The summed E-state index contributed by atoms with van der Waals surface area (Å²) in [7, 11) is 0. The normalized spacial score (nSPS) is 14.9. The van der Waals surface area contributed by atoms with Gasteiger partial charge >= 0.3 is 0 Å². The van der Waals surface area contributed by atoms with Crippen molar-refractivity contribution in [3.05, 3.63) is 35.9 Å². The first kappa shape index (κ1) is 12.6. The Morgan fingerprint density at radius 3 is 2.40 bits per heavy atom. The maximum Gasteiger partial charge on any atom is 0.0437 e. The van der Waals surface area contributed by atoms with Crippen LogP contribution in [0.15, 0.2) is 30.3 Å². The van der Waals surface area contributed by atoms with Crippen LogP contribution in [0.4, 0.5) is 0 Å². The molecule has 0 amide bonds. The van der Waals surface area contributed by atoms with Crippen LogP contribution in [0.25, 0.3) is 0 Å². The highest BCUT2D eigenvalue weighted by atomic mass is 32.2. The van der Waals surface area contributed by atoms with Crippen LogP contribution in [0.1, 0.15) is 32.4 Å². The molecule has 1 aromatic carbocycles. The van der Waals surface area contributed by atoms with Crippen LogP contribution in [-0.2, 0) is 0 Å². The summed E-state index contributed by atoms with van der Waals surface area (Å²) in [6.07, 6.45) is 0. The smallest absolute Gasteiger partial charge is 0.0437 e. The number of thioether (sulfide) groups is 1. The van der Waals surface area contributed by atoms with Gasteiger partial charge in [-0.3, -0.25) is 0 Å². The number of hydrogen-bond acceptors (Lipinski definition) is 2. The molecule has 0 aromatic heterocycles. The van der Waals surface area contributed by atoms with E-state index in [4.69, 9.17) is 0 Å². The Kier molecular flexibility index (Phi) is 5.81. The second kappa shape index (κ2) is 6.91. The Balaban J connectivity index is 2.73. The van der Waals surface area contributed by atoms with Gasteiger partial charge in [-0.2, -0.15) is 11.8 Å². The van der Waals surface area contributed by atoms with E-state index in [1.165, 1.54) is 11.3 Å². The maximum absolute atomic E-state index is 3.56. The van der Waals surface area contributed by atoms with Gasteiger partial charge in [0.2, 0.25) is 0 Å². The lowest BCUT2D eigenvalue weighted by molar-refractivity contribution is 0.548. The molecule has 0 spiro atoms. The molecule has 2 heteroatoms. The molecule has 15 heavy (non-hydrogen) atoms.